The summed E-state index contributed by atoms with van der Waals surface area (Å²) in [6, 6.07) is 0.944. The van der Waals surface area contributed by atoms with Gasteiger partial charge in [0.05, 0.1) is 20.3 Å². The van der Waals surface area contributed by atoms with E-state index in [9.17, 15) is 9.59 Å². The maximum Gasteiger partial charge on any atom is 0.331 e. The lowest BCUT2D eigenvalue weighted by molar-refractivity contribution is -0.151. The molecule has 0 radical (unpaired) electrons. The smallest absolute Gasteiger partial charge is 0.331 e. The van der Waals surface area contributed by atoms with Crippen LogP contribution in [0, 0.1) is 6.92 Å². The molecule has 18 heavy (non-hydrogen) atoms. The van der Waals surface area contributed by atoms with Gasteiger partial charge >= 0.3 is 5.97 Å². The lowest BCUT2D eigenvalue weighted by Gasteiger charge is -2.33. The number of aromatic nitrogens is 2. The number of ether oxygens (including phenoxy) is 2. The molecule has 0 aromatic carbocycles. The van der Waals surface area contributed by atoms with Crippen LogP contribution >= 0.6 is 0 Å². The lowest BCUT2D eigenvalue weighted by Crippen LogP contribution is -2.53. The molecule has 0 spiro atoms. The summed E-state index contributed by atoms with van der Waals surface area (Å²) >= 11 is 0. The number of aromatic amines is 1. The summed E-state index contributed by atoms with van der Waals surface area (Å²) in [5, 5.41) is 6.60. The molecule has 1 fully saturated rings. The molecule has 7 heteroatoms. The van der Waals surface area contributed by atoms with E-state index >= 15 is 0 Å². The van der Waals surface area contributed by atoms with Gasteiger partial charge in [0.25, 0.3) is 5.91 Å². The molecule has 0 saturated carbocycles. The van der Waals surface area contributed by atoms with Gasteiger partial charge in [0.1, 0.15) is 5.69 Å². The Kier molecular flexibility index (Phi) is 3.61. The predicted octanol–water partition coefficient (Wildman–Crippen LogP) is -0.268. The number of aryl methyl sites for hydroxylation is 1. The molecule has 1 aromatic rings. The van der Waals surface area contributed by atoms with Gasteiger partial charge in [-0.25, -0.2) is 4.79 Å². The molecular weight excluding hydrogens is 238 g/mol. The number of morpholine rings is 1. The van der Waals surface area contributed by atoms with E-state index in [0.29, 0.717) is 18.8 Å². The van der Waals surface area contributed by atoms with Crippen molar-refractivity contribution in [1.29, 1.82) is 0 Å². The summed E-state index contributed by atoms with van der Waals surface area (Å²) in [7, 11) is 1.29. The molecule has 7 nitrogen and oxygen atoms in total. The zero-order valence-electron chi connectivity index (χ0n) is 10.3. The van der Waals surface area contributed by atoms with Gasteiger partial charge < -0.3 is 14.4 Å². The Hall–Kier alpha value is -1.89. The predicted molar refractivity (Wildman–Crippen MR) is 61.0 cm³/mol. The van der Waals surface area contributed by atoms with E-state index in [1.165, 1.54) is 12.0 Å². The van der Waals surface area contributed by atoms with E-state index in [1.54, 1.807) is 13.0 Å². The van der Waals surface area contributed by atoms with Crippen LogP contribution in [-0.2, 0) is 14.3 Å². The van der Waals surface area contributed by atoms with Crippen molar-refractivity contribution in [2.24, 2.45) is 0 Å². The molecule has 1 aliphatic rings. The average Bonchev–Trinajstić information content (AvgIpc) is 2.83. The van der Waals surface area contributed by atoms with Crippen LogP contribution in [0.15, 0.2) is 6.07 Å². The van der Waals surface area contributed by atoms with Crippen LogP contribution in [0.5, 0.6) is 0 Å². The lowest BCUT2D eigenvalue weighted by atomic mass is 10.2. The summed E-state index contributed by atoms with van der Waals surface area (Å²) in [4.78, 5) is 25.3. The van der Waals surface area contributed by atoms with E-state index in [2.05, 4.69) is 14.9 Å². The molecule has 1 unspecified atom stereocenters. The standard InChI is InChI=1S/C11H15N3O4/c1-7-5-8(13-12-7)10(15)14-3-4-18-6-9(14)11(16)17-2/h5,9H,3-4,6H2,1-2H3,(H,12,13). The second-order valence-corrected chi connectivity index (χ2v) is 4.05. The van der Waals surface area contributed by atoms with Crippen molar-refractivity contribution in [1.82, 2.24) is 15.1 Å². The normalized spacial score (nSPS) is 19.7. The van der Waals surface area contributed by atoms with Gasteiger partial charge in [0, 0.05) is 12.2 Å². The highest BCUT2D eigenvalue weighted by atomic mass is 16.5. The Morgan fingerprint density at radius 1 is 1.61 bits per heavy atom. The molecule has 0 bridgehead atoms. The summed E-state index contributed by atoms with van der Waals surface area (Å²) in [6.07, 6.45) is 0. The Labute approximate surface area is 104 Å². The van der Waals surface area contributed by atoms with Gasteiger partial charge in [-0.05, 0) is 13.0 Å². The van der Waals surface area contributed by atoms with Crippen molar-refractivity contribution < 1.29 is 19.1 Å². The first-order valence-electron chi connectivity index (χ1n) is 5.62. The molecule has 1 amide bonds. The van der Waals surface area contributed by atoms with E-state index in [0.717, 1.165) is 5.69 Å². The van der Waals surface area contributed by atoms with E-state index in [-0.39, 0.29) is 12.5 Å². The van der Waals surface area contributed by atoms with Crippen molar-refractivity contribution in [3.05, 3.63) is 17.5 Å². The van der Waals surface area contributed by atoms with Crippen molar-refractivity contribution in [3.8, 4) is 0 Å². The number of carbonyl (C=O) groups is 2. The number of nitrogens with zero attached hydrogens (tertiary/aromatic N) is 2. The van der Waals surface area contributed by atoms with E-state index in [4.69, 9.17) is 4.74 Å². The highest BCUT2D eigenvalue weighted by molar-refractivity contribution is 5.95. The number of H-pyrrole nitrogens is 1. The number of rotatable bonds is 2. The summed E-state index contributed by atoms with van der Waals surface area (Å²) < 4.78 is 9.87. The number of hydrogen-bond acceptors (Lipinski definition) is 5. The van der Waals surface area contributed by atoms with Crippen molar-refractivity contribution in [3.63, 3.8) is 0 Å². The molecule has 1 aromatic heterocycles. The summed E-state index contributed by atoms with van der Waals surface area (Å²) in [5.41, 5.74) is 1.09. The van der Waals surface area contributed by atoms with Gasteiger partial charge in [0.15, 0.2) is 6.04 Å². The molecule has 2 rings (SSSR count). The fourth-order valence-electron chi connectivity index (χ4n) is 1.85. The topological polar surface area (TPSA) is 84.5 Å². The summed E-state index contributed by atoms with van der Waals surface area (Å²) in [5.74, 6) is -0.770. The molecule has 1 N–H and O–H groups in total. The second kappa shape index (κ2) is 5.18. The van der Waals surface area contributed by atoms with Crippen molar-refractivity contribution in [2.75, 3.05) is 26.9 Å². The zero-order chi connectivity index (χ0) is 13.1. The second-order valence-electron chi connectivity index (χ2n) is 4.05. The average molecular weight is 253 g/mol. The molecule has 2 heterocycles. The Bertz CT molecular complexity index is 457. The number of amides is 1. The van der Waals surface area contributed by atoms with Gasteiger partial charge in [-0.15, -0.1) is 0 Å². The Balaban J connectivity index is 2.18. The molecule has 1 atom stereocenters. The quantitative estimate of drug-likeness (QED) is 0.733. The number of hydrogen-bond donors (Lipinski definition) is 1. The molecule has 0 aliphatic carbocycles. The van der Waals surface area contributed by atoms with Gasteiger partial charge in [-0.3, -0.25) is 9.89 Å². The van der Waals surface area contributed by atoms with Gasteiger partial charge in [-0.1, -0.05) is 0 Å². The number of carbonyl (C=O) groups excluding carboxylic acids is 2. The third-order valence-electron chi connectivity index (χ3n) is 2.79. The minimum Gasteiger partial charge on any atom is -0.467 e. The van der Waals surface area contributed by atoms with Crippen LogP contribution in [-0.4, -0.2) is 59.9 Å². The monoisotopic (exact) mass is 253 g/mol. The molecule has 1 saturated heterocycles. The number of methoxy groups -OCH3 is 1. The van der Waals surface area contributed by atoms with Crippen molar-refractivity contribution in [2.45, 2.75) is 13.0 Å². The zero-order valence-corrected chi connectivity index (χ0v) is 10.3. The van der Waals surface area contributed by atoms with E-state index < -0.39 is 12.0 Å². The molecular formula is C11H15N3O4. The van der Waals surface area contributed by atoms with Crippen molar-refractivity contribution >= 4 is 11.9 Å². The Morgan fingerprint density at radius 2 is 2.39 bits per heavy atom. The maximum absolute atomic E-state index is 12.2. The van der Waals surface area contributed by atoms with Crippen LogP contribution in [0.4, 0.5) is 0 Å². The Morgan fingerprint density at radius 3 is 3.00 bits per heavy atom. The van der Waals surface area contributed by atoms with Gasteiger partial charge in [-0.2, -0.15) is 5.10 Å². The summed E-state index contributed by atoms with van der Waals surface area (Å²) in [6.45, 7) is 2.72. The number of esters is 1. The van der Waals surface area contributed by atoms with Crippen LogP contribution in [0.25, 0.3) is 0 Å². The first-order valence-corrected chi connectivity index (χ1v) is 5.62. The van der Waals surface area contributed by atoms with Crippen LogP contribution < -0.4 is 0 Å². The number of nitrogens with one attached hydrogen (secondary N) is 1. The minimum absolute atomic E-state index is 0.155. The minimum atomic E-state index is -0.701. The third-order valence-corrected chi connectivity index (χ3v) is 2.79. The van der Waals surface area contributed by atoms with Crippen LogP contribution in [0.2, 0.25) is 0 Å². The fraction of sp³-hybridized carbons (Fsp3) is 0.545. The first kappa shape index (κ1) is 12.6. The molecule has 1 aliphatic heterocycles. The fourth-order valence-corrected chi connectivity index (χ4v) is 1.85. The molecule has 98 valence electrons. The SMILES string of the molecule is COC(=O)C1COCCN1C(=O)c1cc(C)[nH]n1. The van der Waals surface area contributed by atoms with E-state index in [1.807, 2.05) is 0 Å². The largest absolute Gasteiger partial charge is 0.467 e. The first-order chi connectivity index (χ1) is 8.63. The van der Waals surface area contributed by atoms with Crippen LogP contribution in [0.3, 0.4) is 0 Å². The third kappa shape index (κ3) is 2.35. The maximum atomic E-state index is 12.2. The highest BCUT2D eigenvalue weighted by Crippen LogP contribution is 2.13. The van der Waals surface area contributed by atoms with Gasteiger partial charge in [0.2, 0.25) is 0 Å². The van der Waals surface area contributed by atoms with Crippen LogP contribution in [0.1, 0.15) is 16.2 Å². The highest BCUT2D eigenvalue weighted by Gasteiger charge is 2.34.